The van der Waals surface area contributed by atoms with Gasteiger partial charge in [-0.05, 0) is 25.1 Å². The van der Waals surface area contributed by atoms with Gasteiger partial charge in [0.2, 0.25) is 0 Å². The number of nitrogens with zero attached hydrogens (tertiary/aromatic N) is 2. The van der Waals surface area contributed by atoms with Gasteiger partial charge in [0.25, 0.3) is 0 Å². The third-order valence-corrected chi connectivity index (χ3v) is 4.51. The van der Waals surface area contributed by atoms with Gasteiger partial charge in [-0.1, -0.05) is 18.5 Å². The molecular weight excluding hydrogens is 447 g/mol. The average Bonchev–Trinajstić information content (AvgIpc) is 2.91. The number of hydrogen-bond acceptors (Lipinski definition) is 4. The number of thiazole rings is 1. The van der Waals surface area contributed by atoms with Crippen LogP contribution < -0.4 is 15.8 Å². The van der Waals surface area contributed by atoms with Crippen LogP contribution in [0, 0.1) is 6.92 Å². The van der Waals surface area contributed by atoms with Crippen LogP contribution in [0.25, 0.3) is 0 Å². The number of hydrogen-bond donors (Lipinski definition) is 2. The maximum Gasteiger partial charge on any atom is 0.193 e. The molecule has 0 saturated heterocycles. The molecule has 1 unspecified atom stereocenters. The smallest absolute Gasteiger partial charge is 0.193 e. The quantitative estimate of drug-likeness (QED) is 0.392. The molecule has 0 saturated carbocycles. The largest absolute Gasteiger partial charge is 0.495 e. The van der Waals surface area contributed by atoms with Crippen LogP contribution in [0.3, 0.4) is 0 Å². The predicted molar refractivity (Wildman–Crippen MR) is 109 cm³/mol. The summed E-state index contributed by atoms with van der Waals surface area (Å²) in [5.41, 5.74) is 7.71. The van der Waals surface area contributed by atoms with E-state index in [0.717, 1.165) is 16.4 Å². The lowest BCUT2D eigenvalue weighted by Crippen LogP contribution is -2.23. The first kappa shape index (κ1) is 20.0. The normalized spacial score (nSPS) is 12.4. The summed E-state index contributed by atoms with van der Waals surface area (Å²) in [5, 5.41) is 6.65. The summed E-state index contributed by atoms with van der Waals surface area (Å²) in [7, 11) is 1.58. The summed E-state index contributed by atoms with van der Waals surface area (Å²) < 4.78 is 5.11. The van der Waals surface area contributed by atoms with Crippen LogP contribution >= 0.6 is 46.9 Å². The summed E-state index contributed by atoms with van der Waals surface area (Å²) in [6.07, 6.45) is 0. The van der Waals surface area contributed by atoms with Crippen molar-refractivity contribution in [2.45, 2.75) is 19.8 Å². The number of methoxy groups -OCH3 is 1. The number of aromatic nitrogens is 1. The number of halogens is 2. The third kappa shape index (κ3) is 5.82. The van der Waals surface area contributed by atoms with E-state index in [0.29, 0.717) is 23.3 Å². The summed E-state index contributed by atoms with van der Waals surface area (Å²) in [6, 6.07) is 5.36. The molecule has 0 bridgehead atoms. The highest BCUT2D eigenvalue weighted by Crippen LogP contribution is 2.27. The molecule has 0 amide bonds. The monoisotopic (exact) mass is 466 g/mol. The minimum absolute atomic E-state index is 0. The molecule has 1 atom stereocenters. The number of anilines is 1. The molecule has 0 aliphatic carbocycles. The molecular formula is C15H20ClIN4OS. The van der Waals surface area contributed by atoms with Crippen molar-refractivity contribution in [3.63, 3.8) is 0 Å². The van der Waals surface area contributed by atoms with Crippen LogP contribution in [0.2, 0.25) is 5.02 Å². The van der Waals surface area contributed by atoms with Gasteiger partial charge < -0.3 is 15.8 Å². The van der Waals surface area contributed by atoms with Gasteiger partial charge in [-0.3, -0.25) is 4.99 Å². The number of ether oxygens (including phenoxy) is 1. The molecule has 2 aromatic rings. The Balaban J connectivity index is 0.00000264. The molecule has 23 heavy (non-hydrogen) atoms. The molecule has 5 nitrogen and oxygen atoms in total. The maximum atomic E-state index is 6.07. The van der Waals surface area contributed by atoms with Gasteiger partial charge in [0, 0.05) is 22.7 Å². The van der Waals surface area contributed by atoms with Crippen molar-refractivity contribution in [2.75, 3.05) is 19.0 Å². The van der Waals surface area contributed by atoms with Gasteiger partial charge in [0.05, 0.1) is 23.7 Å². The topological polar surface area (TPSA) is 72.5 Å². The molecule has 0 aliphatic rings. The minimum Gasteiger partial charge on any atom is -0.495 e. The lowest BCUT2D eigenvalue weighted by molar-refractivity contribution is 0.415. The third-order valence-electron chi connectivity index (χ3n) is 3.02. The van der Waals surface area contributed by atoms with Gasteiger partial charge in [0.1, 0.15) is 5.75 Å². The van der Waals surface area contributed by atoms with E-state index in [1.54, 1.807) is 30.6 Å². The van der Waals surface area contributed by atoms with E-state index in [1.165, 1.54) is 0 Å². The van der Waals surface area contributed by atoms with Crippen molar-refractivity contribution < 1.29 is 4.74 Å². The zero-order valence-electron chi connectivity index (χ0n) is 13.2. The molecule has 2 rings (SSSR count). The average molecular weight is 467 g/mol. The van der Waals surface area contributed by atoms with E-state index in [1.807, 2.05) is 18.4 Å². The summed E-state index contributed by atoms with van der Waals surface area (Å²) >= 11 is 7.72. The predicted octanol–water partition coefficient (Wildman–Crippen LogP) is 4.26. The fourth-order valence-corrected chi connectivity index (χ4v) is 2.95. The molecule has 0 spiro atoms. The number of nitrogens with two attached hydrogens (primary N) is 1. The first-order valence-electron chi connectivity index (χ1n) is 6.82. The second-order valence-electron chi connectivity index (χ2n) is 4.93. The number of aryl methyl sites for hydroxylation is 1. The molecule has 1 aromatic heterocycles. The van der Waals surface area contributed by atoms with Crippen molar-refractivity contribution in [2.24, 2.45) is 10.7 Å². The standard InChI is InChI=1S/C15H19ClN4OS.HI/c1-9(14-19-10(2)8-22-14)7-18-15(17)20-11-4-5-13(21-3)12(16)6-11;/h4-6,8-9H,7H2,1-3H3,(H3,17,18,20);1H. The minimum atomic E-state index is 0. The molecule has 1 aromatic carbocycles. The number of aliphatic imine (C=N–C) groups is 1. The van der Waals surface area contributed by atoms with Gasteiger partial charge in [0.15, 0.2) is 5.96 Å². The van der Waals surface area contributed by atoms with E-state index in [2.05, 4.69) is 22.2 Å². The van der Waals surface area contributed by atoms with E-state index >= 15 is 0 Å². The second kappa shape index (κ2) is 9.29. The highest BCUT2D eigenvalue weighted by Gasteiger charge is 2.09. The maximum absolute atomic E-state index is 6.07. The molecule has 3 N–H and O–H groups in total. The Kier molecular flexibility index (Phi) is 8.07. The zero-order valence-corrected chi connectivity index (χ0v) is 17.1. The highest BCUT2D eigenvalue weighted by molar-refractivity contribution is 14.0. The number of nitrogens with one attached hydrogen (secondary N) is 1. The number of guanidine groups is 1. The first-order chi connectivity index (χ1) is 10.5. The van der Waals surface area contributed by atoms with Gasteiger partial charge in [-0.2, -0.15) is 0 Å². The Bertz CT molecular complexity index is 677. The first-order valence-corrected chi connectivity index (χ1v) is 8.08. The van der Waals surface area contributed by atoms with Gasteiger partial charge in [-0.15, -0.1) is 35.3 Å². The fourth-order valence-electron chi connectivity index (χ4n) is 1.84. The SMILES string of the molecule is COc1ccc(NC(N)=NCC(C)c2nc(C)cs2)cc1Cl.I. The Labute approximate surface area is 162 Å². The lowest BCUT2D eigenvalue weighted by atomic mass is 10.2. The van der Waals surface area contributed by atoms with E-state index in [-0.39, 0.29) is 29.9 Å². The Morgan fingerprint density at radius 1 is 1.52 bits per heavy atom. The molecule has 8 heteroatoms. The summed E-state index contributed by atoms with van der Waals surface area (Å²) in [6.45, 7) is 4.65. The van der Waals surface area contributed by atoms with Crippen LogP contribution in [0.4, 0.5) is 5.69 Å². The van der Waals surface area contributed by atoms with Gasteiger partial charge >= 0.3 is 0 Å². The van der Waals surface area contributed by atoms with E-state index in [4.69, 9.17) is 22.1 Å². The van der Waals surface area contributed by atoms with E-state index < -0.39 is 0 Å². The number of benzene rings is 1. The molecule has 126 valence electrons. The number of rotatable bonds is 5. The van der Waals surface area contributed by atoms with Crippen molar-refractivity contribution in [3.05, 3.63) is 39.3 Å². The van der Waals surface area contributed by atoms with Crippen LogP contribution in [-0.2, 0) is 0 Å². The van der Waals surface area contributed by atoms with Crippen molar-refractivity contribution >= 4 is 58.6 Å². The Morgan fingerprint density at radius 2 is 2.26 bits per heavy atom. The lowest BCUT2D eigenvalue weighted by Gasteiger charge is -2.09. The van der Waals surface area contributed by atoms with Crippen molar-refractivity contribution in [1.82, 2.24) is 4.98 Å². The van der Waals surface area contributed by atoms with E-state index in [9.17, 15) is 0 Å². The summed E-state index contributed by atoms with van der Waals surface area (Å²) in [4.78, 5) is 8.81. The van der Waals surface area contributed by atoms with Crippen LogP contribution in [0.5, 0.6) is 5.75 Å². The second-order valence-corrected chi connectivity index (χ2v) is 6.23. The van der Waals surface area contributed by atoms with Gasteiger partial charge in [-0.25, -0.2) is 4.98 Å². The summed E-state index contributed by atoms with van der Waals surface area (Å²) in [5.74, 6) is 1.20. The van der Waals surface area contributed by atoms with Crippen molar-refractivity contribution in [3.8, 4) is 5.75 Å². The van der Waals surface area contributed by atoms with Crippen molar-refractivity contribution in [1.29, 1.82) is 0 Å². The van der Waals surface area contributed by atoms with Crippen LogP contribution in [0.1, 0.15) is 23.5 Å². The Morgan fingerprint density at radius 3 is 2.83 bits per heavy atom. The molecule has 0 radical (unpaired) electrons. The van der Waals surface area contributed by atoms with Crippen LogP contribution in [0.15, 0.2) is 28.6 Å². The zero-order chi connectivity index (χ0) is 16.1. The van der Waals surface area contributed by atoms with Crippen LogP contribution in [-0.4, -0.2) is 24.6 Å². The highest BCUT2D eigenvalue weighted by atomic mass is 127. The molecule has 1 heterocycles. The Hall–Kier alpha value is -1.06. The fraction of sp³-hybridized carbons (Fsp3) is 0.333. The molecule has 0 aliphatic heterocycles. The molecule has 0 fully saturated rings.